The molecule has 0 aromatic heterocycles. The normalized spacial score (nSPS) is 13.4. The molecule has 0 radical (unpaired) electrons. The van der Waals surface area contributed by atoms with Gasteiger partial charge in [-0.2, -0.15) is 17.4 Å². The highest BCUT2D eigenvalue weighted by Crippen LogP contribution is 2.18. The minimum absolute atomic E-state index is 0.0903. The molecule has 0 aliphatic carbocycles. The number of carbonyl (C=O) groups is 1. The van der Waals surface area contributed by atoms with Gasteiger partial charge in [0.15, 0.2) is 0 Å². The van der Waals surface area contributed by atoms with Gasteiger partial charge in [0.1, 0.15) is 0 Å². The van der Waals surface area contributed by atoms with Crippen LogP contribution in [0.15, 0.2) is 24.3 Å². The fourth-order valence-electron chi connectivity index (χ4n) is 1.53. The first-order valence-corrected chi connectivity index (χ1v) is 7.75. The van der Waals surface area contributed by atoms with Crippen molar-refractivity contribution in [1.82, 2.24) is 9.03 Å². The molecule has 0 saturated heterocycles. The lowest BCUT2D eigenvalue weighted by molar-refractivity contribution is -0.137. The number of carboxylic acid groups (broad SMARTS) is 1. The molecule has 0 bridgehead atoms. The molecule has 0 saturated carbocycles. The average molecular weight is 321 g/mol. The number of halogens is 1. The number of carboxylic acids is 1. The van der Waals surface area contributed by atoms with Crippen molar-refractivity contribution in [2.75, 3.05) is 13.6 Å². The summed E-state index contributed by atoms with van der Waals surface area (Å²) < 4.78 is 27.4. The summed E-state index contributed by atoms with van der Waals surface area (Å²) in [6, 6.07) is 6.40. The SMILES string of the molecule is C[C@@H](NS(=O)(=O)N(C)CCC(=O)O)c1cccc(Cl)c1. The maximum Gasteiger partial charge on any atom is 0.304 e. The third-order valence-electron chi connectivity index (χ3n) is 2.73. The summed E-state index contributed by atoms with van der Waals surface area (Å²) in [6.45, 7) is 1.60. The zero-order chi connectivity index (χ0) is 15.3. The smallest absolute Gasteiger partial charge is 0.304 e. The fraction of sp³-hybridized carbons (Fsp3) is 0.417. The highest BCUT2D eigenvalue weighted by molar-refractivity contribution is 7.87. The second kappa shape index (κ2) is 7.03. The molecule has 6 nitrogen and oxygen atoms in total. The highest BCUT2D eigenvalue weighted by Gasteiger charge is 2.21. The van der Waals surface area contributed by atoms with E-state index < -0.39 is 22.2 Å². The number of hydrogen-bond acceptors (Lipinski definition) is 3. The molecular formula is C12H17ClN2O4S. The standard InChI is InChI=1S/C12H17ClN2O4S/c1-9(10-4-3-5-11(13)8-10)14-20(18,19)15(2)7-6-12(16)17/h3-5,8-9,14H,6-7H2,1-2H3,(H,16,17)/t9-/m1/s1. The van der Waals surface area contributed by atoms with E-state index in [9.17, 15) is 13.2 Å². The Labute approximate surface area is 123 Å². The first-order valence-electron chi connectivity index (χ1n) is 5.93. The number of benzene rings is 1. The molecule has 0 spiro atoms. The molecule has 2 N–H and O–H groups in total. The number of nitrogens with zero attached hydrogens (tertiary/aromatic N) is 1. The van der Waals surface area contributed by atoms with Crippen LogP contribution in [0, 0.1) is 0 Å². The van der Waals surface area contributed by atoms with Crippen LogP contribution in [0.3, 0.4) is 0 Å². The third kappa shape index (κ3) is 5.09. The molecule has 1 aromatic carbocycles. The lowest BCUT2D eigenvalue weighted by Crippen LogP contribution is -2.40. The van der Waals surface area contributed by atoms with Gasteiger partial charge >= 0.3 is 5.97 Å². The van der Waals surface area contributed by atoms with Gasteiger partial charge in [0, 0.05) is 24.7 Å². The maximum absolute atomic E-state index is 12.0. The zero-order valence-corrected chi connectivity index (χ0v) is 12.8. The van der Waals surface area contributed by atoms with Crippen molar-refractivity contribution in [1.29, 1.82) is 0 Å². The number of nitrogens with one attached hydrogen (secondary N) is 1. The molecule has 0 fully saturated rings. The summed E-state index contributed by atoms with van der Waals surface area (Å²) in [4.78, 5) is 10.5. The molecule has 1 atom stereocenters. The van der Waals surface area contributed by atoms with Gasteiger partial charge in [-0.25, -0.2) is 0 Å². The fourth-order valence-corrected chi connectivity index (χ4v) is 2.82. The van der Waals surface area contributed by atoms with Crippen LogP contribution in [0.2, 0.25) is 5.02 Å². The largest absolute Gasteiger partial charge is 0.481 e. The molecule has 0 amide bonds. The molecule has 0 aliphatic rings. The van der Waals surface area contributed by atoms with Gasteiger partial charge in [0.2, 0.25) is 0 Å². The Bertz CT molecular complexity index is 577. The summed E-state index contributed by atoms with van der Waals surface area (Å²) in [5.74, 6) is -1.05. The van der Waals surface area contributed by atoms with E-state index in [0.717, 1.165) is 9.87 Å². The first-order chi connectivity index (χ1) is 9.22. The van der Waals surface area contributed by atoms with Crippen LogP contribution in [0.25, 0.3) is 0 Å². The van der Waals surface area contributed by atoms with Gasteiger partial charge < -0.3 is 5.11 Å². The van der Waals surface area contributed by atoms with Crippen molar-refractivity contribution < 1.29 is 18.3 Å². The van der Waals surface area contributed by atoms with E-state index in [1.54, 1.807) is 31.2 Å². The molecule has 0 heterocycles. The van der Waals surface area contributed by atoms with Crippen molar-refractivity contribution in [3.63, 3.8) is 0 Å². The first kappa shape index (κ1) is 16.9. The molecule has 0 aliphatic heterocycles. The van der Waals surface area contributed by atoms with Crippen LogP contribution in [0.5, 0.6) is 0 Å². The molecule has 112 valence electrons. The second-order valence-electron chi connectivity index (χ2n) is 4.36. The third-order valence-corrected chi connectivity index (χ3v) is 4.61. The Morgan fingerprint density at radius 2 is 2.15 bits per heavy atom. The van der Waals surface area contributed by atoms with Gasteiger partial charge in [-0.15, -0.1) is 0 Å². The molecule has 1 rings (SSSR count). The van der Waals surface area contributed by atoms with Crippen LogP contribution in [-0.2, 0) is 15.0 Å². The van der Waals surface area contributed by atoms with Crippen LogP contribution in [0.1, 0.15) is 24.9 Å². The highest BCUT2D eigenvalue weighted by atomic mass is 35.5. The molecule has 20 heavy (non-hydrogen) atoms. The Hall–Kier alpha value is -1.15. The van der Waals surface area contributed by atoms with E-state index in [1.165, 1.54) is 7.05 Å². The molecule has 1 aromatic rings. The van der Waals surface area contributed by atoms with Crippen LogP contribution in [0.4, 0.5) is 0 Å². The monoisotopic (exact) mass is 320 g/mol. The van der Waals surface area contributed by atoms with E-state index in [2.05, 4.69) is 4.72 Å². The van der Waals surface area contributed by atoms with E-state index >= 15 is 0 Å². The van der Waals surface area contributed by atoms with Gasteiger partial charge in [-0.1, -0.05) is 23.7 Å². The van der Waals surface area contributed by atoms with Crippen molar-refractivity contribution in [2.45, 2.75) is 19.4 Å². The Morgan fingerprint density at radius 3 is 2.70 bits per heavy atom. The quantitative estimate of drug-likeness (QED) is 0.799. The van der Waals surface area contributed by atoms with Crippen molar-refractivity contribution >= 4 is 27.8 Å². The molecule has 8 heteroatoms. The molecule has 0 unspecified atom stereocenters. The second-order valence-corrected chi connectivity index (χ2v) is 6.61. The average Bonchev–Trinajstić information content (AvgIpc) is 2.35. The van der Waals surface area contributed by atoms with Gasteiger partial charge in [-0.3, -0.25) is 4.79 Å². The van der Waals surface area contributed by atoms with Crippen LogP contribution >= 0.6 is 11.6 Å². The topological polar surface area (TPSA) is 86.7 Å². The van der Waals surface area contributed by atoms with Gasteiger partial charge in [-0.05, 0) is 24.6 Å². The van der Waals surface area contributed by atoms with E-state index in [-0.39, 0.29) is 13.0 Å². The number of rotatable bonds is 7. The summed E-state index contributed by atoms with van der Waals surface area (Å²) >= 11 is 5.85. The van der Waals surface area contributed by atoms with Crippen molar-refractivity contribution in [3.05, 3.63) is 34.9 Å². The van der Waals surface area contributed by atoms with Crippen LogP contribution < -0.4 is 4.72 Å². The number of aliphatic carboxylic acids is 1. The van der Waals surface area contributed by atoms with Gasteiger partial charge in [0.05, 0.1) is 6.42 Å². The lowest BCUT2D eigenvalue weighted by Gasteiger charge is -2.21. The maximum atomic E-state index is 12.0. The summed E-state index contributed by atoms with van der Waals surface area (Å²) in [5, 5.41) is 9.08. The van der Waals surface area contributed by atoms with E-state index in [1.807, 2.05) is 0 Å². The molecular weight excluding hydrogens is 304 g/mol. The van der Waals surface area contributed by atoms with Crippen molar-refractivity contribution in [2.24, 2.45) is 0 Å². The Morgan fingerprint density at radius 1 is 1.50 bits per heavy atom. The van der Waals surface area contributed by atoms with Gasteiger partial charge in [0.25, 0.3) is 10.2 Å². The number of hydrogen-bond donors (Lipinski definition) is 2. The minimum Gasteiger partial charge on any atom is -0.481 e. The van der Waals surface area contributed by atoms with E-state index in [0.29, 0.717) is 5.02 Å². The summed E-state index contributed by atoms with van der Waals surface area (Å²) in [5.41, 5.74) is 0.729. The predicted molar refractivity (Wildman–Crippen MR) is 76.8 cm³/mol. The summed E-state index contributed by atoms with van der Waals surface area (Å²) in [7, 11) is -2.41. The predicted octanol–water partition coefficient (Wildman–Crippen LogP) is 1.64. The minimum atomic E-state index is -3.74. The summed E-state index contributed by atoms with van der Waals surface area (Å²) in [6.07, 6.45) is -0.247. The Kier molecular flexibility index (Phi) is 5.94. The van der Waals surface area contributed by atoms with Crippen LogP contribution in [-0.4, -0.2) is 37.4 Å². The zero-order valence-electron chi connectivity index (χ0n) is 11.2. The lowest BCUT2D eigenvalue weighted by atomic mass is 10.1. The van der Waals surface area contributed by atoms with E-state index in [4.69, 9.17) is 16.7 Å². The Balaban J connectivity index is 2.72. The van der Waals surface area contributed by atoms with Crippen molar-refractivity contribution in [3.8, 4) is 0 Å².